The molecule has 0 aliphatic carbocycles. The second-order valence-electron chi connectivity index (χ2n) is 5.76. The summed E-state index contributed by atoms with van der Waals surface area (Å²) in [5.74, 6) is 1.63. The van der Waals surface area contributed by atoms with Crippen molar-refractivity contribution in [2.45, 2.75) is 19.9 Å². The zero-order valence-corrected chi connectivity index (χ0v) is 16.5. The molecule has 1 rings (SSSR count). The van der Waals surface area contributed by atoms with Crippen molar-refractivity contribution >= 4 is 5.96 Å². The highest BCUT2D eigenvalue weighted by Crippen LogP contribution is 2.20. The van der Waals surface area contributed by atoms with E-state index in [-0.39, 0.29) is 0 Å². The Labute approximate surface area is 157 Å². The molecule has 0 radical (unpaired) electrons. The van der Waals surface area contributed by atoms with Gasteiger partial charge in [-0.1, -0.05) is 12.1 Å². The summed E-state index contributed by atoms with van der Waals surface area (Å²) in [7, 11) is 5.10. The molecular formula is C19H33N3O4. The second-order valence-corrected chi connectivity index (χ2v) is 5.76. The van der Waals surface area contributed by atoms with E-state index in [1.165, 1.54) is 0 Å². The maximum absolute atomic E-state index is 5.82. The van der Waals surface area contributed by atoms with E-state index in [4.69, 9.17) is 18.9 Å². The molecule has 7 heteroatoms. The molecule has 0 saturated heterocycles. The highest BCUT2D eigenvalue weighted by Gasteiger charge is 2.06. The van der Waals surface area contributed by atoms with E-state index in [1.807, 2.05) is 6.07 Å². The van der Waals surface area contributed by atoms with E-state index in [1.54, 1.807) is 21.3 Å². The molecule has 0 saturated carbocycles. The third kappa shape index (κ3) is 9.60. The fourth-order valence-electron chi connectivity index (χ4n) is 2.20. The minimum atomic E-state index is 0.531. The van der Waals surface area contributed by atoms with Gasteiger partial charge in [0.25, 0.3) is 0 Å². The van der Waals surface area contributed by atoms with Crippen LogP contribution in [-0.2, 0) is 20.8 Å². The number of methoxy groups -OCH3 is 2. The van der Waals surface area contributed by atoms with Gasteiger partial charge in [0.2, 0.25) is 0 Å². The van der Waals surface area contributed by atoms with Crippen molar-refractivity contribution in [3.8, 4) is 5.75 Å². The van der Waals surface area contributed by atoms with Crippen molar-refractivity contribution in [3.63, 3.8) is 0 Å². The molecule has 2 N–H and O–H groups in total. The summed E-state index contributed by atoms with van der Waals surface area (Å²) in [5.41, 5.74) is 2.25. The van der Waals surface area contributed by atoms with Crippen LogP contribution in [0.25, 0.3) is 0 Å². The first-order chi connectivity index (χ1) is 12.7. The van der Waals surface area contributed by atoms with Crippen molar-refractivity contribution in [3.05, 3.63) is 29.3 Å². The third-order valence-corrected chi connectivity index (χ3v) is 3.63. The monoisotopic (exact) mass is 367 g/mol. The van der Waals surface area contributed by atoms with Gasteiger partial charge in [-0.05, 0) is 25.0 Å². The first kappa shape index (κ1) is 22.2. The summed E-state index contributed by atoms with van der Waals surface area (Å²) in [4.78, 5) is 4.25. The number of ether oxygens (including phenoxy) is 4. The van der Waals surface area contributed by atoms with Crippen molar-refractivity contribution in [1.29, 1.82) is 0 Å². The van der Waals surface area contributed by atoms with Crippen LogP contribution in [0.4, 0.5) is 0 Å². The summed E-state index contributed by atoms with van der Waals surface area (Å²) in [6.07, 6.45) is 0.903. The second kappa shape index (κ2) is 14.4. The molecule has 0 unspecified atom stereocenters. The first-order valence-electron chi connectivity index (χ1n) is 8.93. The van der Waals surface area contributed by atoms with E-state index in [0.717, 1.165) is 35.8 Å². The van der Waals surface area contributed by atoms with Gasteiger partial charge in [0.15, 0.2) is 5.96 Å². The summed E-state index contributed by atoms with van der Waals surface area (Å²) in [5, 5.41) is 6.59. The number of benzene rings is 1. The summed E-state index contributed by atoms with van der Waals surface area (Å²) in [6, 6.07) is 6.19. The predicted octanol–water partition coefficient (Wildman–Crippen LogP) is 1.74. The molecule has 0 aliphatic heterocycles. The number of nitrogens with one attached hydrogen (secondary N) is 2. The molecule has 1 aromatic rings. The van der Waals surface area contributed by atoms with Gasteiger partial charge in [0.05, 0.1) is 19.8 Å². The molecule has 0 aliphatic rings. The highest BCUT2D eigenvalue weighted by molar-refractivity contribution is 5.79. The Morgan fingerprint density at radius 2 is 1.77 bits per heavy atom. The van der Waals surface area contributed by atoms with Crippen LogP contribution in [0.3, 0.4) is 0 Å². The van der Waals surface area contributed by atoms with Crippen LogP contribution in [0.2, 0.25) is 0 Å². The minimum Gasteiger partial charge on any atom is -0.491 e. The summed E-state index contributed by atoms with van der Waals surface area (Å²) >= 11 is 0. The molecule has 0 bridgehead atoms. The average Bonchev–Trinajstić information content (AvgIpc) is 2.65. The summed E-state index contributed by atoms with van der Waals surface area (Å²) in [6.45, 7) is 6.52. The average molecular weight is 367 g/mol. The van der Waals surface area contributed by atoms with Crippen molar-refractivity contribution in [2.75, 3.05) is 60.8 Å². The normalized spacial score (nSPS) is 11.5. The quantitative estimate of drug-likeness (QED) is 0.314. The molecule has 0 atom stereocenters. The number of hydrogen-bond donors (Lipinski definition) is 2. The Morgan fingerprint density at radius 1 is 1.00 bits per heavy atom. The van der Waals surface area contributed by atoms with Gasteiger partial charge in [0.1, 0.15) is 12.4 Å². The van der Waals surface area contributed by atoms with Crippen LogP contribution in [0.15, 0.2) is 23.2 Å². The van der Waals surface area contributed by atoms with Gasteiger partial charge in [-0.3, -0.25) is 4.99 Å². The maximum atomic E-state index is 5.82. The smallest absolute Gasteiger partial charge is 0.191 e. The minimum absolute atomic E-state index is 0.531. The van der Waals surface area contributed by atoms with E-state index < -0.39 is 0 Å². The van der Waals surface area contributed by atoms with E-state index >= 15 is 0 Å². The number of hydrogen-bond acceptors (Lipinski definition) is 5. The number of guanidine groups is 1. The Morgan fingerprint density at radius 3 is 2.50 bits per heavy atom. The van der Waals surface area contributed by atoms with E-state index in [0.29, 0.717) is 39.6 Å². The number of rotatable bonds is 13. The summed E-state index contributed by atoms with van der Waals surface area (Å²) < 4.78 is 21.2. The predicted molar refractivity (Wildman–Crippen MR) is 104 cm³/mol. The standard InChI is InChI=1S/C19H33N3O4/c1-16-6-7-17(18(14-16)26-13-11-24-4)15-22-19(20-2)21-8-5-9-25-12-10-23-3/h6-7,14H,5,8-13,15H2,1-4H3,(H2,20,21,22). The number of nitrogens with zero attached hydrogens (tertiary/aromatic N) is 1. The van der Waals surface area contributed by atoms with Crippen LogP contribution in [0.1, 0.15) is 17.5 Å². The van der Waals surface area contributed by atoms with Gasteiger partial charge < -0.3 is 29.6 Å². The van der Waals surface area contributed by atoms with E-state index in [9.17, 15) is 0 Å². The van der Waals surface area contributed by atoms with E-state index in [2.05, 4.69) is 34.7 Å². The van der Waals surface area contributed by atoms with Gasteiger partial charge in [0, 0.05) is 46.5 Å². The molecule has 0 aromatic heterocycles. The van der Waals surface area contributed by atoms with Crippen LogP contribution in [0, 0.1) is 6.92 Å². The lowest BCUT2D eigenvalue weighted by Gasteiger charge is -2.15. The van der Waals surface area contributed by atoms with Gasteiger partial charge in [-0.2, -0.15) is 0 Å². The first-order valence-corrected chi connectivity index (χ1v) is 8.93. The van der Waals surface area contributed by atoms with Crippen LogP contribution >= 0.6 is 0 Å². The topological polar surface area (TPSA) is 73.3 Å². The molecule has 7 nitrogen and oxygen atoms in total. The Balaban J connectivity index is 2.38. The van der Waals surface area contributed by atoms with Crippen LogP contribution in [0.5, 0.6) is 5.75 Å². The largest absolute Gasteiger partial charge is 0.491 e. The number of aryl methyl sites for hydroxylation is 1. The van der Waals surface area contributed by atoms with Gasteiger partial charge in [-0.15, -0.1) is 0 Å². The Kier molecular flexibility index (Phi) is 12.3. The molecule has 0 spiro atoms. The van der Waals surface area contributed by atoms with Crippen molar-refractivity contribution in [1.82, 2.24) is 10.6 Å². The van der Waals surface area contributed by atoms with Crippen molar-refractivity contribution in [2.24, 2.45) is 4.99 Å². The molecule has 0 amide bonds. The molecular weight excluding hydrogens is 334 g/mol. The van der Waals surface area contributed by atoms with Gasteiger partial charge >= 0.3 is 0 Å². The fourth-order valence-corrected chi connectivity index (χ4v) is 2.20. The lowest BCUT2D eigenvalue weighted by Crippen LogP contribution is -2.37. The third-order valence-electron chi connectivity index (χ3n) is 3.63. The molecule has 1 aromatic carbocycles. The molecule has 148 valence electrons. The SMILES string of the molecule is CN=C(NCCCOCCOC)NCc1ccc(C)cc1OCCOC. The fraction of sp³-hybridized carbons (Fsp3) is 0.632. The maximum Gasteiger partial charge on any atom is 0.191 e. The lowest BCUT2D eigenvalue weighted by molar-refractivity contribution is 0.0698. The van der Waals surface area contributed by atoms with Crippen molar-refractivity contribution < 1.29 is 18.9 Å². The molecule has 0 heterocycles. The molecule has 26 heavy (non-hydrogen) atoms. The van der Waals surface area contributed by atoms with Crippen LogP contribution < -0.4 is 15.4 Å². The van der Waals surface area contributed by atoms with Gasteiger partial charge in [-0.25, -0.2) is 0 Å². The molecule has 0 fully saturated rings. The highest BCUT2D eigenvalue weighted by atomic mass is 16.5. The lowest BCUT2D eigenvalue weighted by atomic mass is 10.1. The Bertz CT molecular complexity index is 524. The van der Waals surface area contributed by atoms with Crippen LogP contribution in [-0.4, -0.2) is 66.8 Å². The number of aliphatic imine (C=N–C) groups is 1. The Hall–Kier alpha value is -1.83. The zero-order valence-electron chi connectivity index (χ0n) is 16.5. The zero-order chi connectivity index (χ0) is 19.0.